The first-order chi connectivity index (χ1) is 20.6. The van der Waals surface area contributed by atoms with Crippen LogP contribution in [0.3, 0.4) is 0 Å². The number of benzene rings is 3. The number of methoxy groups -OCH3 is 2. The highest BCUT2D eigenvalue weighted by atomic mass is 16.6. The lowest BCUT2D eigenvalue weighted by molar-refractivity contribution is 0.0577. The van der Waals surface area contributed by atoms with E-state index >= 15 is 0 Å². The fourth-order valence-electron chi connectivity index (χ4n) is 3.80. The largest absolute Gasteiger partial charge is 0.465 e. The van der Waals surface area contributed by atoms with Gasteiger partial charge in [-0.1, -0.05) is 30.3 Å². The number of anilines is 4. The predicted molar refractivity (Wildman–Crippen MR) is 167 cm³/mol. The Morgan fingerprint density at radius 2 is 0.932 bits per heavy atom. The third-order valence-corrected chi connectivity index (χ3v) is 5.63. The number of amides is 2. The van der Waals surface area contributed by atoms with Crippen LogP contribution in [0, 0.1) is 0 Å². The molecule has 0 saturated heterocycles. The molecule has 0 atom stereocenters. The van der Waals surface area contributed by atoms with Crippen molar-refractivity contribution in [3.8, 4) is 0 Å². The maximum atomic E-state index is 13.5. The molecule has 0 aliphatic carbocycles. The molecule has 2 amide bonds. The summed E-state index contributed by atoms with van der Waals surface area (Å²) in [5.74, 6) is -1.23. The lowest BCUT2D eigenvalue weighted by Gasteiger charge is -2.31. The molecule has 0 saturated carbocycles. The quantitative estimate of drug-likeness (QED) is 0.160. The Morgan fingerprint density at radius 3 is 1.27 bits per heavy atom. The molecule has 12 nitrogen and oxygen atoms in total. The smallest absolute Gasteiger partial charge is 0.433 e. The summed E-state index contributed by atoms with van der Waals surface area (Å²) in [6.45, 7) is 10.3. The summed E-state index contributed by atoms with van der Waals surface area (Å²) < 4.78 is 21.1. The van der Waals surface area contributed by atoms with Crippen LogP contribution in [0.5, 0.6) is 0 Å². The first kappa shape index (κ1) is 33.2. The summed E-state index contributed by atoms with van der Waals surface area (Å²) >= 11 is 0. The van der Waals surface area contributed by atoms with Crippen molar-refractivity contribution < 1.29 is 38.1 Å². The maximum absolute atomic E-state index is 13.5. The summed E-state index contributed by atoms with van der Waals surface area (Å²) in [4.78, 5) is 51.9. The Balaban J connectivity index is 2.13. The van der Waals surface area contributed by atoms with Gasteiger partial charge in [0.05, 0.1) is 48.1 Å². The molecule has 0 heterocycles. The van der Waals surface area contributed by atoms with Crippen LogP contribution < -0.4 is 20.9 Å². The van der Waals surface area contributed by atoms with Crippen LogP contribution in [-0.4, -0.2) is 49.5 Å². The number of hydrogen-bond donors (Lipinski definition) is 2. The Bertz CT molecular complexity index is 1400. The zero-order valence-electron chi connectivity index (χ0n) is 26.1. The summed E-state index contributed by atoms with van der Waals surface area (Å²) in [5, 5.41) is 2.21. The van der Waals surface area contributed by atoms with E-state index < -0.39 is 35.3 Å². The molecule has 0 bridgehead atoms. The van der Waals surface area contributed by atoms with Crippen molar-refractivity contribution in [2.24, 2.45) is 0 Å². The van der Waals surface area contributed by atoms with E-state index in [4.69, 9.17) is 18.9 Å². The SMILES string of the molecule is COC(=O)c1ccccc1NN(C(=O)OC(C)(C)C)c1cccc(N(Nc2ccccc2C(=O)OC)C(=O)OC(C)(C)C)c1. The van der Waals surface area contributed by atoms with Gasteiger partial charge in [0.25, 0.3) is 0 Å². The molecule has 3 aromatic carbocycles. The Morgan fingerprint density at radius 1 is 0.568 bits per heavy atom. The molecular formula is C32H38N4O8. The van der Waals surface area contributed by atoms with Crippen molar-refractivity contribution in [2.45, 2.75) is 52.7 Å². The number of ether oxygens (including phenoxy) is 4. The van der Waals surface area contributed by atoms with Gasteiger partial charge in [-0.3, -0.25) is 10.9 Å². The number of carbonyl (C=O) groups is 4. The molecule has 0 fully saturated rings. The standard InChI is InChI=1S/C32H38N4O8/c1-31(2,3)43-29(39)35(33-25-18-11-9-16-23(25)27(37)41-7)21-14-13-15-22(20-21)36(30(40)44-32(4,5)6)34-26-19-12-10-17-24(26)28(38)42-8/h9-20,33-34H,1-8H3. The number of nitrogens with zero attached hydrogens (tertiary/aromatic N) is 2. The predicted octanol–water partition coefficient (Wildman–Crippen LogP) is 6.80. The van der Waals surface area contributed by atoms with Crippen molar-refractivity contribution in [3.63, 3.8) is 0 Å². The van der Waals surface area contributed by atoms with Gasteiger partial charge in [-0.2, -0.15) is 10.0 Å². The molecule has 12 heteroatoms. The third-order valence-electron chi connectivity index (χ3n) is 5.63. The van der Waals surface area contributed by atoms with Gasteiger partial charge in [0.15, 0.2) is 0 Å². The monoisotopic (exact) mass is 606 g/mol. The van der Waals surface area contributed by atoms with Gasteiger partial charge in [-0.25, -0.2) is 19.2 Å². The molecule has 2 N–H and O–H groups in total. The average Bonchev–Trinajstić information content (AvgIpc) is 2.96. The van der Waals surface area contributed by atoms with Crippen molar-refractivity contribution in [3.05, 3.63) is 83.9 Å². The topological polar surface area (TPSA) is 136 Å². The Hall–Kier alpha value is -5.26. The van der Waals surface area contributed by atoms with Crippen LogP contribution in [0.25, 0.3) is 0 Å². The minimum absolute atomic E-state index is 0.177. The molecule has 0 unspecified atom stereocenters. The van der Waals surface area contributed by atoms with Crippen molar-refractivity contribution in [1.29, 1.82) is 0 Å². The lowest BCUT2D eigenvalue weighted by atomic mass is 10.2. The van der Waals surface area contributed by atoms with Crippen LogP contribution >= 0.6 is 0 Å². The minimum Gasteiger partial charge on any atom is -0.465 e. The van der Waals surface area contributed by atoms with Crippen LogP contribution in [0.15, 0.2) is 72.8 Å². The molecule has 44 heavy (non-hydrogen) atoms. The second-order valence-corrected chi connectivity index (χ2v) is 11.4. The number of carbonyl (C=O) groups excluding carboxylic acids is 4. The lowest BCUT2D eigenvalue weighted by Crippen LogP contribution is -2.42. The molecule has 234 valence electrons. The van der Waals surface area contributed by atoms with Gasteiger partial charge >= 0.3 is 24.1 Å². The van der Waals surface area contributed by atoms with E-state index in [0.29, 0.717) is 0 Å². The molecule has 0 aliphatic rings. The summed E-state index contributed by atoms with van der Waals surface area (Å²) in [7, 11) is 2.51. The van der Waals surface area contributed by atoms with Gasteiger partial charge in [-0.05, 0) is 84.0 Å². The Kier molecular flexibility index (Phi) is 10.4. The number of esters is 2. The van der Waals surface area contributed by atoms with Gasteiger partial charge < -0.3 is 18.9 Å². The van der Waals surface area contributed by atoms with Crippen LogP contribution in [0.2, 0.25) is 0 Å². The number of para-hydroxylation sites is 2. The van der Waals surface area contributed by atoms with Gasteiger partial charge in [0.2, 0.25) is 0 Å². The van der Waals surface area contributed by atoms with E-state index in [1.54, 1.807) is 108 Å². The number of hydrogen-bond acceptors (Lipinski definition) is 10. The van der Waals surface area contributed by atoms with Crippen LogP contribution in [-0.2, 0) is 18.9 Å². The zero-order chi connectivity index (χ0) is 32.7. The van der Waals surface area contributed by atoms with Crippen molar-refractivity contribution in [2.75, 3.05) is 35.1 Å². The molecular weight excluding hydrogens is 568 g/mol. The van der Waals surface area contributed by atoms with Gasteiger partial charge in [0, 0.05) is 0 Å². The van der Waals surface area contributed by atoms with Gasteiger partial charge in [-0.15, -0.1) is 0 Å². The Labute approximate surface area is 256 Å². The highest BCUT2D eigenvalue weighted by Crippen LogP contribution is 2.29. The van der Waals surface area contributed by atoms with E-state index in [-0.39, 0.29) is 33.9 Å². The highest BCUT2D eigenvalue weighted by Gasteiger charge is 2.29. The number of hydrazine groups is 2. The van der Waals surface area contributed by atoms with E-state index in [2.05, 4.69) is 10.9 Å². The zero-order valence-corrected chi connectivity index (χ0v) is 26.1. The second-order valence-electron chi connectivity index (χ2n) is 11.4. The maximum Gasteiger partial charge on any atom is 0.433 e. The van der Waals surface area contributed by atoms with Crippen LogP contribution in [0.1, 0.15) is 62.3 Å². The fourth-order valence-corrected chi connectivity index (χ4v) is 3.80. The molecule has 0 spiro atoms. The molecule has 0 radical (unpaired) electrons. The highest BCUT2D eigenvalue weighted by molar-refractivity contribution is 6.00. The van der Waals surface area contributed by atoms with E-state index in [1.165, 1.54) is 20.3 Å². The molecule has 0 aliphatic heterocycles. The first-order valence-electron chi connectivity index (χ1n) is 13.7. The van der Waals surface area contributed by atoms with Crippen molar-refractivity contribution in [1.82, 2.24) is 0 Å². The summed E-state index contributed by atoms with van der Waals surface area (Å²) in [5.41, 5.74) is 5.57. The minimum atomic E-state index is -0.863. The summed E-state index contributed by atoms with van der Waals surface area (Å²) in [6, 6.07) is 19.3. The molecule has 3 aromatic rings. The molecule has 3 rings (SSSR count). The fraction of sp³-hybridized carbons (Fsp3) is 0.312. The molecule has 0 aromatic heterocycles. The average molecular weight is 607 g/mol. The van der Waals surface area contributed by atoms with E-state index in [1.807, 2.05) is 0 Å². The third kappa shape index (κ3) is 8.87. The first-order valence-corrected chi connectivity index (χ1v) is 13.7. The van der Waals surface area contributed by atoms with Crippen molar-refractivity contribution >= 4 is 46.9 Å². The summed E-state index contributed by atoms with van der Waals surface area (Å²) in [6.07, 6.45) is -1.58. The van der Waals surface area contributed by atoms with Gasteiger partial charge in [0.1, 0.15) is 11.2 Å². The van der Waals surface area contributed by atoms with E-state index in [9.17, 15) is 19.2 Å². The van der Waals surface area contributed by atoms with Crippen LogP contribution in [0.4, 0.5) is 32.3 Å². The van der Waals surface area contributed by atoms with E-state index in [0.717, 1.165) is 10.0 Å². The normalized spacial score (nSPS) is 11.1. The second kappa shape index (κ2) is 13.8. The number of rotatable bonds is 8. The number of nitrogens with one attached hydrogen (secondary N) is 2.